The highest BCUT2D eigenvalue weighted by molar-refractivity contribution is 6.03. The Morgan fingerprint density at radius 3 is 2.48 bits per heavy atom. The molecule has 0 aliphatic rings. The van der Waals surface area contributed by atoms with Crippen molar-refractivity contribution in [2.24, 2.45) is 5.73 Å². The number of aromatic amines is 2. The fourth-order valence-electron chi connectivity index (χ4n) is 3.54. The van der Waals surface area contributed by atoms with Gasteiger partial charge < -0.3 is 20.4 Å². The van der Waals surface area contributed by atoms with E-state index in [0.29, 0.717) is 16.9 Å². The number of fused-ring (bicyclic) bond motifs is 2. The third-order valence-electron chi connectivity index (χ3n) is 4.76. The van der Waals surface area contributed by atoms with Gasteiger partial charge in [-0.3, -0.25) is 0 Å². The number of para-hydroxylation sites is 2. The fraction of sp³-hybridized carbons (Fsp3) is 0. The molecule has 0 aliphatic heterocycles. The monoisotopic (exact) mass is 386 g/mol. The van der Waals surface area contributed by atoms with E-state index < -0.39 is 6.09 Å². The third kappa shape index (κ3) is 2.89. The maximum atomic E-state index is 13.4. The number of hydrogen-bond acceptors (Lipinski definition) is 3. The number of carbonyl (C=O) groups excluding carboxylic acids is 1. The van der Waals surface area contributed by atoms with E-state index in [1.54, 1.807) is 24.3 Å². The van der Waals surface area contributed by atoms with Crippen LogP contribution in [0, 0.1) is 5.82 Å². The van der Waals surface area contributed by atoms with Gasteiger partial charge in [0.05, 0.1) is 16.8 Å². The van der Waals surface area contributed by atoms with Crippen molar-refractivity contribution in [3.8, 4) is 28.4 Å². The van der Waals surface area contributed by atoms with Gasteiger partial charge in [0.15, 0.2) is 5.75 Å². The van der Waals surface area contributed by atoms with Gasteiger partial charge in [0, 0.05) is 10.9 Å². The highest BCUT2D eigenvalue weighted by Gasteiger charge is 2.19. The number of H-pyrrole nitrogens is 2. The molecular formula is C22H15FN4O2. The molecular weight excluding hydrogens is 371 g/mol. The van der Waals surface area contributed by atoms with E-state index in [0.717, 1.165) is 27.7 Å². The van der Waals surface area contributed by atoms with Crippen LogP contribution in [0.4, 0.5) is 9.18 Å². The number of nitrogens with two attached hydrogens (primary N) is 1. The molecule has 0 bridgehead atoms. The molecule has 0 saturated carbocycles. The molecule has 2 heterocycles. The number of hydrogen-bond donors (Lipinski definition) is 3. The quantitative estimate of drug-likeness (QED) is 0.408. The first-order valence-electron chi connectivity index (χ1n) is 8.93. The van der Waals surface area contributed by atoms with Gasteiger partial charge in [0.25, 0.3) is 0 Å². The molecule has 6 nitrogen and oxygen atoms in total. The van der Waals surface area contributed by atoms with Crippen LogP contribution in [0.2, 0.25) is 0 Å². The van der Waals surface area contributed by atoms with Crippen molar-refractivity contribution in [2.75, 3.05) is 0 Å². The summed E-state index contributed by atoms with van der Waals surface area (Å²) >= 11 is 0. The molecule has 0 unspecified atom stereocenters. The Morgan fingerprint density at radius 1 is 0.931 bits per heavy atom. The lowest BCUT2D eigenvalue weighted by molar-refractivity contribution is 0.211. The summed E-state index contributed by atoms with van der Waals surface area (Å²) in [6.07, 6.45) is -0.902. The van der Waals surface area contributed by atoms with Crippen LogP contribution in [-0.4, -0.2) is 21.0 Å². The lowest BCUT2D eigenvalue weighted by Gasteiger charge is -2.03. The summed E-state index contributed by atoms with van der Waals surface area (Å²) in [6.45, 7) is 0. The highest BCUT2D eigenvalue weighted by atomic mass is 19.1. The Kier molecular flexibility index (Phi) is 3.80. The number of benzene rings is 3. The summed E-state index contributed by atoms with van der Waals surface area (Å²) in [4.78, 5) is 22.6. The zero-order chi connectivity index (χ0) is 20.0. The minimum absolute atomic E-state index is 0.278. The number of imidazole rings is 1. The van der Waals surface area contributed by atoms with E-state index in [-0.39, 0.29) is 11.6 Å². The van der Waals surface area contributed by atoms with Crippen molar-refractivity contribution < 1.29 is 13.9 Å². The first kappa shape index (κ1) is 17.0. The number of amides is 1. The second-order valence-electron chi connectivity index (χ2n) is 6.59. The maximum absolute atomic E-state index is 13.4. The Morgan fingerprint density at radius 2 is 1.69 bits per heavy atom. The van der Waals surface area contributed by atoms with Crippen molar-refractivity contribution in [2.45, 2.75) is 0 Å². The SMILES string of the molecule is NC(=O)Oc1cccc2[nH]c(-c3c(-c4ccc(F)cc4)[nH]c4ccccc34)nc12. The van der Waals surface area contributed by atoms with Gasteiger partial charge in [0.2, 0.25) is 0 Å². The van der Waals surface area contributed by atoms with E-state index in [2.05, 4.69) is 15.0 Å². The predicted molar refractivity (Wildman–Crippen MR) is 109 cm³/mol. The maximum Gasteiger partial charge on any atom is 0.410 e. The molecule has 7 heteroatoms. The van der Waals surface area contributed by atoms with E-state index in [4.69, 9.17) is 10.5 Å². The molecule has 0 fully saturated rings. The number of primary amides is 1. The summed E-state index contributed by atoms with van der Waals surface area (Å²) < 4.78 is 18.5. The standard InChI is InChI=1S/C22H15FN4O2/c23-13-10-8-12(9-11-13)19-18(14-4-1-2-5-15(14)25-19)21-26-16-6-3-7-17(20(16)27-21)29-22(24)28/h1-11,25H,(H2,24,28)(H,26,27). The number of ether oxygens (including phenoxy) is 1. The largest absolute Gasteiger partial charge is 0.410 e. The van der Waals surface area contributed by atoms with Gasteiger partial charge in [-0.1, -0.05) is 24.3 Å². The molecule has 0 saturated heterocycles. The van der Waals surface area contributed by atoms with E-state index in [9.17, 15) is 9.18 Å². The first-order chi connectivity index (χ1) is 14.1. The molecule has 1 amide bonds. The number of nitrogens with zero attached hydrogens (tertiary/aromatic N) is 1. The van der Waals surface area contributed by atoms with Crippen molar-refractivity contribution in [1.29, 1.82) is 0 Å². The van der Waals surface area contributed by atoms with Crippen LogP contribution in [0.3, 0.4) is 0 Å². The molecule has 0 radical (unpaired) electrons. The van der Waals surface area contributed by atoms with Crippen molar-refractivity contribution in [3.63, 3.8) is 0 Å². The molecule has 142 valence electrons. The van der Waals surface area contributed by atoms with Gasteiger partial charge in [-0.25, -0.2) is 14.2 Å². The molecule has 2 aromatic heterocycles. The molecule has 29 heavy (non-hydrogen) atoms. The average molecular weight is 386 g/mol. The minimum Gasteiger partial charge on any atom is -0.408 e. The van der Waals surface area contributed by atoms with Crippen LogP contribution in [0.15, 0.2) is 66.7 Å². The van der Waals surface area contributed by atoms with Crippen molar-refractivity contribution in [1.82, 2.24) is 15.0 Å². The molecule has 4 N–H and O–H groups in total. The van der Waals surface area contributed by atoms with Crippen LogP contribution < -0.4 is 10.5 Å². The summed E-state index contributed by atoms with van der Waals surface area (Å²) in [5.74, 6) is 0.571. The summed E-state index contributed by atoms with van der Waals surface area (Å²) in [6, 6.07) is 19.3. The number of carbonyl (C=O) groups is 1. The van der Waals surface area contributed by atoms with E-state index >= 15 is 0 Å². The van der Waals surface area contributed by atoms with E-state index in [1.807, 2.05) is 30.3 Å². The van der Waals surface area contributed by atoms with Crippen LogP contribution in [-0.2, 0) is 0 Å². The van der Waals surface area contributed by atoms with Gasteiger partial charge in [-0.2, -0.15) is 0 Å². The Bertz CT molecular complexity index is 1370. The molecule has 3 aromatic carbocycles. The van der Waals surface area contributed by atoms with Crippen LogP contribution in [0.1, 0.15) is 0 Å². The average Bonchev–Trinajstić information content (AvgIpc) is 3.30. The Labute approximate surface area is 164 Å². The zero-order valence-electron chi connectivity index (χ0n) is 15.1. The smallest absolute Gasteiger partial charge is 0.408 e. The summed E-state index contributed by atoms with van der Waals surface area (Å²) in [7, 11) is 0. The number of nitrogens with one attached hydrogen (secondary N) is 2. The van der Waals surface area contributed by atoms with Crippen LogP contribution >= 0.6 is 0 Å². The molecule has 5 aromatic rings. The normalized spacial score (nSPS) is 11.2. The topological polar surface area (TPSA) is 96.8 Å². The van der Waals surface area contributed by atoms with Crippen LogP contribution in [0.25, 0.3) is 44.6 Å². The lowest BCUT2D eigenvalue weighted by atomic mass is 10.0. The van der Waals surface area contributed by atoms with Gasteiger partial charge in [-0.05, 0) is 48.0 Å². The molecule has 0 atom stereocenters. The zero-order valence-corrected chi connectivity index (χ0v) is 15.1. The van der Waals surface area contributed by atoms with Crippen molar-refractivity contribution >= 4 is 28.0 Å². The highest BCUT2D eigenvalue weighted by Crippen LogP contribution is 2.38. The predicted octanol–water partition coefficient (Wildman–Crippen LogP) is 4.97. The van der Waals surface area contributed by atoms with Crippen LogP contribution in [0.5, 0.6) is 5.75 Å². The van der Waals surface area contributed by atoms with Gasteiger partial charge >= 0.3 is 6.09 Å². The summed E-state index contributed by atoms with van der Waals surface area (Å²) in [5, 5.41) is 0.961. The summed E-state index contributed by atoms with van der Waals surface area (Å²) in [5.41, 5.74) is 9.77. The first-order valence-corrected chi connectivity index (χ1v) is 8.93. The molecule has 5 rings (SSSR count). The second kappa shape index (κ2) is 6.49. The lowest BCUT2D eigenvalue weighted by Crippen LogP contribution is -2.16. The van der Waals surface area contributed by atoms with E-state index in [1.165, 1.54) is 12.1 Å². The van der Waals surface area contributed by atoms with Gasteiger partial charge in [0.1, 0.15) is 17.2 Å². The molecule has 0 aliphatic carbocycles. The molecule has 0 spiro atoms. The number of rotatable bonds is 3. The van der Waals surface area contributed by atoms with Crippen molar-refractivity contribution in [3.05, 3.63) is 72.5 Å². The Hall–Kier alpha value is -4.13. The second-order valence-corrected chi connectivity index (χ2v) is 6.59. The minimum atomic E-state index is -0.902. The Balaban J connectivity index is 1.77. The van der Waals surface area contributed by atoms with Gasteiger partial charge in [-0.15, -0.1) is 0 Å². The fourth-order valence-corrected chi connectivity index (χ4v) is 3.54. The number of aromatic nitrogens is 3. The number of halogens is 1. The third-order valence-corrected chi connectivity index (χ3v) is 4.76.